The third kappa shape index (κ3) is 37.6. The summed E-state index contributed by atoms with van der Waals surface area (Å²) in [6, 6.07) is -1.66. The van der Waals surface area contributed by atoms with Crippen molar-refractivity contribution in [2.24, 2.45) is 44.8 Å². The number of unbranched alkanes of at least 4 members (excludes halogenated alkanes) is 1. The number of halogens is 9. The van der Waals surface area contributed by atoms with Gasteiger partial charge >= 0.3 is 48.4 Å². The van der Waals surface area contributed by atoms with E-state index in [2.05, 4.69) is 47.2 Å². The Balaban J connectivity index is 0. The van der Waals surface area contributed by atoms with E-state index in [0.717, 1.165) is 0 Å². The Hall–Kier alpha value is -8.94. The average molecular weight is 1330 g/mol. The first-order valence-electron chi connectivity index (χ1n) is 28.8. The number of nitrogens with one attached hydrogen (secondary N) is 7. The number of nitrogens with two attached hydrogens (primary N) is 4. The predicted molar refractivity (Wildman–Crippen MR) is 305 cm³/mol. The smallest absolute Gasteiger partial charge is 0.490 e. The number of hydrogen-bond acceptors (Lipinski definition) is 15. The maximum absolute atomic E-state index is 14.3. The molecule has 1 aliphatic rings. The van der Waals surface area contributed by atoms with E-state index in [1.54, 1.807) is 19.1 Å². The lowest BCUT2D eigenvalue weighted by atomic mass is 9.96. The highest BCUT2D eigenvalue weighted by Crippen LogP contribution is 2.22. The molecule has 1 aliphatic heterocycles. The molecule has 0 aromatic heterocycles. The first-order valence-corrected chi connectivity index (χ1v) is 27.5. The number of carbonyl (C=O) groups excluding carboxylic acids is 7. The van der Waals surface area contributed by atoms with Crippen LogP contribution in [0, 0.1) is 11.8 Å². The van der Waals surface area contributed by atoms with Crippen LogP contribution in [0.1, 0.15) is 114 Å². The van der Waals surface area contributed by atoms with Gasteiger partial charge in [-0.15, -0.1) is 0 Å². The Morgan fingerprint density at radius 1 is 0.692 bits per heavy atom. The number of phenols is 1. The first kappa shape index (κ1) is 80.1. The molecule has 8 atom stereocenters. The molecule has 0 spiro atoms. The lowest BCUT2D eigenvalue weighted by Gasteiger charge is -2.31. The molecule has 0 aliphatic carbocycles. The van der Waals surface area contributed by atoms with Gasteiger partial charge in [0.05, 0.1) is 6.04 Å². The third-order valence-electron chi connectivity index (χ3n) is 12.2. The largest absolute Gasteiger partial charge is 0.508 e. The summed E-state index contributed by atoms with van der Waals surface area (Å²) >= 11 is 0. The number of carboxylic acid groups (broad SMARTS) is 4. The van der Waals surface area contributed by atoms with Crippen molar-refractivity contribution in [2.45, 2.75) is 166 Å². The van der Waals surface area contributed by atoms with Gasteiger partial charge in [0.15, 0.2) is 11.9 Å². The predicted octanol–water partition coefficient (Wildman–Crippen LogP) is 1.02. The van der Waals surface area contributed by atoms with Gasteiger partial charge in [0.25, 0.3) is 0 Å². The van der Waals surface area contributed by atoms with Crippen LogP contribution in [0.2, 0.25) is 0 Å². The van der Waals surface area contributed by atoms with E-state index in [0.29, 0.717) is 37.8 Å². The summed E-state index contributed by atoms with van der Waals surface area (Å²) < 4.78 is 110. The minimum Gasteiger partial charge on any atom is -0.508 e. The van der Waals surface area contributed by atoms with Crippen molar-refractivity contribution >= 4 is 77.3 Å². The number of phenolic OH excluding ortho intramolecular Hbond substituents is 1. The summed E-state index contributed by atoms with van der Waals surface area (Å²) in [5.74, 6) is -14.3. The summed E-state index contributed by atoms with van der Waals surface area (Å²) in [5.41, 5.74) is 23.6. The van der Waals surface area contributed by atoms with Crippen molar-refractivity contribution in [1.82, 2.24) is 42.1 Å². The Kier molecular flexibility index (Phi) is 37.1. The number of hydrogen-bond donors (Lipinski definition) is 16. The molecule has 0 saturated carbocycles. The second-order valence-electron chi connectivity index (χ2n) is 20.0. The number of aromatic hydroxyl groups is 1. The molecule has 1 aromatic carbocycles. The zero-order valence-electron chi connectivity index (χ0n) is 51.8. The number of amides is 8. The van der Waals surface area contributed by atoms with Gasteiger partial charge in [0, 0.05) is 48.3 Å². The number of nitrogens with zero attached hydrogens (tertiary/aromatic N) is 3. The van der Waals surface area contributed by atoms with Gasteiger partial charge in [-0.2, -0.15) is 39.5 Å². The molecule has 518 valence electrons. The van der Waals surface area contributed by atoms with Gasteiger partial charge in [-0.25, -0.2) is 24.0 Å². The SMILES string of the molecule is O=C(O)C(F)(F)F.O=C(O)C(F)(F)F.O=C(O)C(F)(F)F.[3H]CC([3H])C(=O)NCCCCNC(=O)NC(N)=NCCC[C@H](N)C(=O)N[C@@H](CCCN=C(N)N)C(=O)N1CCC[C@H]1C(=O)N[C@@H](Cc1ccc(O)cc1)C(=O)N[C@H](C(=O)N[C@@H](CC(C)C)C(=O)O)[C@@H](C)CC. The quantitative estimate of drug-likeness (QED) is 0.0221. The number of likely N-dealkylation sites (tertiary alicyclic amines) is 1. The number of urea groups is 1. The highest BCUT2D eigenvalue weighted by Gasteiger charge is 2.42. The van der Waals surface area contributed by atoms with E-state index < -0.39 is 132 Å². The molecular weight excluding hydrogens is 1250 g/mol. The molecule has 1 aromatic rings. The second kappa shape index (κ2) is 42.1. The van der Waals surface area contributed by atoms with Crippen LogP contribution in [0.5, 0.6) is 5.75 Å². The fraction of sp³-hybridized carbons (Fsp3) is 0.635. The fourth-order valence-electron chi connectivity index (χ4n) is 7.38. The molecule has 1 heterocycles. The highest BCUT2D eigenvalue weighted by molar-refractivity contribution is 5.97. The van der Waals surface area contributed by atoms with E-state index in [1.165, 1.54) is 17.0 Å². The molecule has 8 amide bonds. The monoisotopic (exact) mass is 1330 g/mol. The van der Waals surface area contributed by atoms with Gasteiger partial charge < -0.3 is 85.3 Å². The minimum atomic E-state index is -5.08. The summed E-state index contributed by atoms with van der Waals surface area (Å²) in [5, 5.41) is 59.4. The zero-order chi connectivity index (χ0) is 72.1. The second-order valence-corrected chi connectivity index (χ2v) is 20.0. The Labute approximate surface area is 518 Å². The van der Waals surface area contributed by atoms with Crippen molar-refractivity contribution in [3.63, 3.8) is 0 Å². The minimum absolute atomic E-state index is 0.0309. The lowest BCUT2D eigenvalue weighted by molar-refractivity contribution is -0.193. The summed E-state index contributed by atoms with van der Waals surface area (Å²) in [6.45, 7) is 7.77. The molecule has 30 nitrogen and oxygen atoms in total. The maximum atomic E-state index is 14.3. The molecule has 1 saturated heterocycles. The molecular formula is C52H81F9N14O16. The van der Waals surface area contributed by atoms with Crippen LogP contribution < -0.4 is 60.2 Å². The molecule has 91 heavy (non-hydrogen) atoms. The van der Waals surface area contributed by atoms with Crippen molar-refractivity contribution in [3.05, 3.63) is 29.8 Å². The Bertz CT molecular complexity index is 2600. The highest BCUT2D eigenvalue weighted by atomic mass is 19.4. The normalized spacial score (nSPS) is 15.6. The van der Waals surface area contributed by atoms with Crippen molar-refractivity contribution in [2.75, 3.05) is 32.7 Å². The number of carboxylic acids is 4. The van der Waals surface area contributed by atoms with Gasteiger partial charge in [0.2, 0.25) is 35.4 Å². The van der Waals surface area contributed by atoms with Crippen LogP contribution in [-0.2, 0) is 54.4 Å². The number of aliphatic imine (C=N–C) groups is 2. The average Bonchev–Trinajstić information content (AvgIpc) is 1.82. The van der Waals surface area contributed by atoms with Crippen LogP contribution in [0.15, 0.2) is 34.3 Å². The van der Waals surface area contributed by atoms with Crippen molar-refractivity contribution < 1.29 is 121 Å². The van der Waals surface area contributed by atoms with Crippen LogP contribution in [0.25, 0.3) is 0 Å². The fourth-order valence-corrected chi connectivity index (χ4v) is 7.38. The van der Waals surface area contributed by atoms with Gasteiger partial charge in [-0.05, 0) is 87.3 Å². The van der Waals surface area contributed by atoms with E-state index in [-0.39, 0.29) is 102 Å². The van der Waals surface area contributed by atoms with Crippen molar-refractivity contribution in [3.8, 4) is 5.75 Å². The lowest BCUT2D eigenvalue weighted by Crippen LogP contribution is -2.60. The molecule has 1 fully saturated rings. The van der Waals surface area contributed by atoms with Crippen LogP contribution in [0.4, 0.5) is 44.3 Å². The molecule has 2 rings (SSSR count). The number of alkyl halides is 9. The van der Waals surface area contributed by atoms with Crippen LogP contribution in [0.3, 0.4) is 0 Å². The Morgan fingerprint density at radius 2 is 1.20 bits per heavy atom. The van der Waals surface area contributed by atoms with Gasteiger partial charge in [-0.1, -0.05) is 53.1 Å². The number of benzene rings is 1. The molecule has 39 heteroatoms. The molecule has 0 radical (unpaired) electrons. The zero-order valence-corrected chi connectivity index (χ0v) is 49.8. The van der Waals surface area contributed by atoms with Crippen molar-refractivity contribution in [1.29, 1.82) is 0 Å². The van der Waals surface area contributed by atoms with E-state index in [4.69, 9.17) is 55.4 Å². The standard InChI is InChI=1S/C46H78N14O10.3C2HF3O2/c1-6-28(5)37(41(66)57-34(43(68)69)25-27(3)4)58-39(64)33(26-29-16-18-30(61)19-17-29)56-40(65)35-15-12-24-60(35)42(67)32(14-11-22-52-44(48)49)55-38(63)31(47)13-10-23-53-45(50)59-46(70)54-21-9-8-20-51-36(62)7-2;3*3-2(4,5)1(6)7/h16-19,27-28,31-35,37,61H,6-15,20-26,47H2,1-5H3,(H,51,62)(H,55,63)(H,56,65)(H,57,66)(H,58,64)(H,68,69)(H4,48,49,52)(H4,50,53,54,59,70);3*(H,6,7)/t28-,31-,32-,33-,34-,35-,37-;;;/m0.../s1/i2T,7T;;;/t7?,28-,31-,32-,33-,34-,35-,37-;;;. The number of aliphatic carboxylic acids is 4. The molecule has 1 unspecified atom stereocenters. The van der Waals surface area contributed by atoms with Gasteiger partial charge in [-0.3, -0.25) is 44.1 Å². The van der Waals surface area contributed by atoms with E-state index in [9.17, 15) is 88.1 Å². The Morgan fingerprint density at radius 3 is 1.68 bits per heavy atom. The number of carbonyl (C=O) groups is 11. The summed E-state index contributed by atoms with van der Waals surface area (Å²) in [6.07, 6.45) is -13.5. The van der Waals surface area contributed by atoms with Crippen LogP contribution >= 0.6 is 0 Å². The number of rotatable bonds is 30. The first-order chi connectivity index (χ1) is 42.9. The summed E-state index contributed by atoms with van der Waals surface area (Å²) in [4.78, 5) is 142. The molecule has 20 N–H and O–H groups in total. The summed E-state index contributed by atoms with van der Waals surface area (Å²) in [7, 11) is 0. The van der Waals surface area contributed by atoms with E-state index in [1.807, 2.05) is 20.8 Å². The topological polar surface area (TPSA) is 505 Å². The maximum Gasteiger partial charge on any atom is 0.490 e. The number of guanidine groups is 2. The molecule has 0 bridgehead atoms. The van der Waals surface area contributed by atoms with Crippen LogP contribution in [-0.4, -0.2) is 195 Å². The van der Waals surface area contributed by atoms with Gasteiger partial charge in [0.1, 0.15) is 36.0 Å². The third-order valence-corrected chi connectivity index (χ3v) is 12.2. The van der Waals surface area contributed by atoms with E-state index >= 15 is 0 Å².